The lowest BCUT2D eigenvalue weighted by Gasteiger charge is -2.26. The highest BCUT2D eigenvalue weighted by Gasteiger charge is 2.19. The zero-order chi connectivity index (χ0) is 13.9. The molecule has 2 nitrogen and oxygen atoms in total. The van der Waals surface area contributed by atoms with E-state index in [4.69, 9.17) is 10.5 Å². The maximum absolute atomic E-state index is 5.98. The molecular weight excluding hydrogens is 234 g/mol. The third-order valence-corrected chi connectivity index (χ3v) is 3.97. The average Bonchev–Trinajstić information content (AvgIpc) is 2.36. The van der Waals surface area contributed by atoms with Crippen molar-refractivity contribution in [3.63, 3.8) is 0 Å². The number of rotatable bonds is 3. The lowest BCUT2D eigenvalue weighted by molar-refractivity contribution is 0.0122. The fraction of sp³-hybridized carbons (Fsp3) is 0.647. The summed E-state index contributed by atoms with van der Waals surface area (Å²) in [5, 5.41) is 0. The molecule has 1 aliphatic rings. The molecular formula is C17H27NO. The van der Waals surface area contributed by atoms with Gasteiger partial charge in [0.1, 0.15) is 0 Å². The number of hydrogen-bond donors (Lipinski definition) is 1. The van der Waals surface area contributed by atoms with Gasteiger partial charge in [-0.15, -0.1) is 0 Å². The summed E-state index contributed by atoms with van der Waals surface area (Å²) < 4.78 is 5.98. The van der Waals surface area contributed by atoms with Crippen LogP contribution in [0.1, 0.15) is 57.6 Å². The molecule has 106 valence electrons. The number of benzene rings is 1. The summed E-state index contributed by atoms with van der Waals surface area (Å²) in [6, 6.07) is 9.13. The molecule has 0 radical (unpaired) electrons. The average molecular weight is 261 g/mol. The Labute approximate surface area is 117 Å². The van der Waals surface area contributed by atoms with Crippen LogP contribution >= 0.6 is 0 Å². The molecule has 0 saturated heterocycles. The van der Waals surface area contributed by atoms with Crippen LogP contribution in [-0.4, -0.2) is 12.1 Å². The minimum Gasteiger partial charge on any atom is -0.373 e. The van der Waals surface area contributed by atoms with Crippen molar-refractivity contribution in [2.24, 2.45) is 5.73 Å². The van der Waals surface area contributed by atoms with Gasteiger partial charge < -0.3 is 10.5 Å². The van der Waals surface area contributed by atoms with Gasteiger partial charge in [-0.2, -0.15) is 0 Å². The van der Waals surface area contributed by atoms with Crippen molar-refractivity contribution in [2.45, 2.75) is 70.6 Å². The van der Waals surface area contributed by atoms with Gasteiger partial charge in [0.05, 0.1) is 12.7 Å². The first-order valence-corrected chi connectivity index (χ1v) is 7.42. The maximum Gasteiger partial charge on any atom is 0.0720 e. The van der Waals surface area contributed by atoms with E-state index in [0.29, 0.717) is 18.8 Å². The Morgan fingerprint density at radius 3 is 2.42 bits per heavy atom. The van der Waals surface area contributed by atoms with Crippen LogP contribution in [-0.2, 0) is 16.8 Å². The smallest absolute Gasteiger partial charge is 0.0720 e. The molecule has 2 N–H and O–H groups in total. The fourth-order valence-corrected chi connectivity index (χ4v) is 2.65. The number of hydrogen-bond acceptors (Lipinski definition) is 2. The molecule has 2 atom stereocenters. The summed E-state index contributed by atoms with van der Waals surface area (Å²) in [6.45, 7) is 7.42. The van der Waals surface area contributed by atoms with Crippen molar-refractivity contribution < 1.29 is 4.74 Å². The Morgan fingerprint density at radius 1 is 1.16 bits per heavy atom. The van der Waals surface area contributed by atoms with Gasteiger partial charge in [-0.1, -0.05) is 45.0 Å². The van der Waals surface area contributed by atoms with Gasteiger partial charge in [0.2, 0.25) is 0 Å². The third-order valence-electron chi connectivity index (χ3n) is 3.97. The molecule has 1 aliphatic carbocycles. The van der Waals surface area contributed by atoms with E-state index >= 15 is 0 Å². The van der Waals surface area contributed by atoms with Gasteiger partial charge in [0, 0.05) is 6.04 Å². The van der Waals surface area contributed by atoms with E-state index in [-0.39, 0.29) is 5.41 Å². The molecule has 0 bridgehead atoms. The highest BCUT2D eigenvalue weighted by atomic mass is 16.5. The van der Waals surface area contributed by atoms with Crippen LogP contribution in [0.5, 0.6) is 0 Å². The minimum absolute atomic E-state index is 0.218. The molecule has 1 saturated carbocycles. The van der Waals surface area contributed by atoms with Crippen LogP contribution in [0.4, 0.5) is 0 Å². The summed E-state index contributed by atoms with van der Waals surface area (Å²) in [4.78, 5) is 0. The molecule has 0 heterocycles. The minimum atomic E-state index is 0.218. The van der Waals surface area contributed by atoms with E-state index in [1.807, 2.05) is 0 Å². The molecule has 2 rings (SSSR count). The predicted octanol–water partition coefficient (Wildman–Crippen LogP) is 3.77. The van der Waals surface area contributed by atoms with Crippen LogP contribution in [0, 0.1) is 0 Å². The standard InChI is InChI=1S/C17H27NO/c1-17(2,3)14-9-7-13(8-10-14)12-19-16-6-4-5-15(18)11-16/h7-10,15-16H,4-6,11-12,18H2,1-3H3. The predicted molar refractivity (Wildman–Crippen MR) is 80.2 cm³/mol. The molecule has 1 aromatic rings. The van der Waals surface area contributed by atoms with Crippen LogP contribution in [0.2, 0.25) is 0 Å². The summed E-state index contributed by atoms with van der Waals surface area (Å²) in [7, 11) is 0. The Balaban J connectivity index is 1.86. The van der Waals surface area contributed by atoms with Crippen LogP contribution in [0.3, 0.4) is 0 Å². The van der Waals surface area contributed by atoms with Crippen LogP contribution in [0.15, 0.2) is 24.3 Å². The molecule has 0 aromatic heterocycles. The Morgan fingerprint density at radius 2 is 1.84 bits per heavy atom. The normalized spacial score (nSPS) is 24.4. The first-order valence-electron chi connectivity index (χ1n) is 7.42. The molecule has 2 heteroatoms. The molecule has 2 unspecified atom stereocenters. The van der Waals surface area contributed by atoms with Crippen LogP contribution in [0.25, 0.3) is 0 Å². The van der Waals surface area contributed by atoms with Crippen molar-refractivity contribution in [3.8, 4) is 0 Å². The van der Waals surface area contributed by atoms with E-state index in [0.717, 1.165) is 19.3 Å². The maximum atomic E-state index is 5.98. The van der Waals surface area contributed by atoms with Crippen molar-refractivity contribution in [3.05, 3.63) is 35.4 Å². The molecule has 0 amide bonds. The quantitative estimate of drug-likeness (QED) is 0.899. The summed E-state index contributed by atoms with van der Waals surface area (Å²) in [6.07, 6.45) is 4.88. The number of ether oxygens (including phenoxy) is 1. The van der Waals surface area contributed by atoms with Crippen molar-refractivity contribution >= 4 is 0 Å². The zero-order valence-electron chi connectivity index (χ0n) is 12.5. The lowest BCUT2D eigenvalue weighted by Crippen LogP contribution is -2.32. The highest BCUT2D eigenvalue weighted by molar-refractivity contribution is 5.27. The Kier molecular flexibility index (Phi) is 4.64. The topological polar surface area (TPSA) is 35.2 Å². The number of nitrogens with two attached hydrogens (primary N) is 1. The first kappa shape index (κ1) is 14.5. The molecule has 19 heavy (non-hydrogen) atoms. The van der Waals surface area contributed by atoms with Gasteiger partial charge in [0.15, 0.2) is 0 Å². The second-order valence-corrected chi connectivity index (χ2v) is 6.81. The lowest BCUT2D eigenvalue weighted by atomic mass is 9.87. The molecule has 0 aliphatic heterocycles. The van der Waals surface area contributed by atoms with Crippen molar-refractivity contribution in [2.75, 3.05) is 0 Å². The largest absolute Gasteiger partial charge is 0.373 e. The Bertz CT molecular complexity index is 391. The second-order valence-electron chi connectivity index (χ2n) is 6.81. The highest BCUT2D eigenvalue weighted by Crippen LogP contribution is 2.24. The van der Waals surface area contributed by atoms with E-state index in [1.54, 1.807) is 0 Å². The summed E-state index contributed by atoms with van der Waals surface area (Å²) >= 11 is 0. The van der Waals surface area contributed by atoms with Gasteiger partial charge in [0.25, 0.3) is 0 Å². The van der Waals surface area contributed by atoms with E-state index in [2.05, 4.69) is 45.0 Å². The van der Waals surface area contributed by atoms with Crippen molar-refractivity contribution in [1.29, 1.82) is 0 Å². The van der Waals surface area contributed by atoms with Gasteiger partial charge >= 0.3 is 0 Å². The molecule has 1 aromatic carbocycles. The van der Waals surface area contributed by atoms with Gasteiger partial charge in [-0.25, -0.2) is 0 Å². The second kappa shape index (κ2) is 6.06. The van der Waals surface area contributed by atoms with Gasteiger partial charge in [-0.05, 0) is 42.2 Å². The van der Waals surface area contributed by atoms with E-state index in [1.165, 1.54) is 17.5 Å². The first-order chi connectivity index (χ1) is 8.95. The van der Waals surface area contributed by atoms with Crippen LogP contribution < -0.4 is 5.73 Å². The zero-order valence-corrected chi connectivity index (χ0v) is 12.5. The van der Waals surface area contributed by atoms with E-state index < -0.39 is 0 Å². The van der Waals surface area contributed by atoms with Gasteiger partial charge in [-0.3, -0.25) is 0 Å². The fourth-order valence-electron chi connectivity index (χ4n) is 2.65. The van der Waals surface area contributed by atoms with Crippen molar-refractivity contribution in [1.82, 2.24) is 0 Å². The SMILES string of the molecule is CC(C)(C)c1ccc(COC2CCCC(N)C2)cc1. The third kappa shape index (κ3) is 4.32. The summed E-state index contributed by atoms with van der Waals surface area (Å²) in [5.41, 5.74) is 8.83. The monoisotopic (exact) mass is 261 g/mol. The van der Waals surface area contributed by atoms with E-state index in [9.17, 15) is 0 Å². The molecule has 0 spiro atoms. The summed E-state index contributed by atoms with van der Waals surface area (Å²) in [5.74, 6) is 0. The molecule has 1 fully saturated rings. The Hall–Kier alpha value is -0.860.